The van der Waals surface area contributed by atoms with E-state index in [2.05, 4.69) is 9.97 Å². The Labute approximate surface area is 122 Å². The number of imidazole rings is 1. The zero-order valence-electron chi connectivity index (χ0n) is 11.8. The van der Waals surface area contributed by atoms with Crippen molar-refractivity contribution >= 4 is 11.0 Å². The van der Waals surface area contributed by atoms with Gasteiger partial charge in [-0.05, 0) is 67.9 Å². The second-order valence-electron chi connectivity index (χ2n) is 7.34. The lowest BCUT2D eigenvalue weighted by Crippen LogP contribution is -2.44. The minimum atomic E-state index is -0.821. The molecule has 2 aromatic rings. The summed E-state index contributed by atoms with van der Waals surface area (Å²) in [5, 5.41) is 0. The van der Waals surface area contributed by atoms with E-state index in [-0.39, 0.29) is 5.52 Å². The number of nitrogens with one attached hydrogen (secondary N) is 1. The highest BCUT2D eigenvalue weighted by atomic mass is 19.2. The van der Waals surface area contributed by atoms with Gasteiger partial charge in [-0.2, -0.15) is 0 Å². The van der Waals surface area contributed by atoms with Crippen LogP contribution >= 0.6 is 0 Å². The SMILES string of the molecule is Fc1ccc2[nH]c(C3C4CC5CC(C4)CC3C5)nc2c1F. The number of aromatic nitrogens is 2. The third-order valence-corrected chi connectivity index (χ3v) is 6.11. The van der Waals surface area contributed by atoms with Gasteiger partial charge in [-0.15, -0.1) is 0 Å². The molecule has 1 N–H and O–H groups in total. The van der Waals surface area contributed by atoms with Gasteiger partial charge in [0.05, 0.1) is 5.52 Å². The molecule has 1 aromatic heterocycles. The van der Waals surface area contributed by atoms with Crippen molar-refractivity contribution in [1.82, 2.24) is 9.97 Å². The average Bonchev–Trinajstić information content (AvgIpc) is 2.86. The van der Waals surface area contributed by atoms with E-state index in [1.54, 1.807) is 6.07 Å². The number of halogens is 2. The Morgan fingerprint density at radius 1 is 0.952 bits per heavy atom. The molecule has 0 aliphatic heterocycles. The predicted molar refractivity (Wildman–Crippen MR) is 75.8 cm³/mol. The lowest BCUT2D eigenvalue weighted by atomic mass is 9.52. The van der Waals surface area contributed by atoms with Crippen LogP contribution in [-0.2, 0) is 0 Å². The van der Waals surface area contributed by atoms with Crippen molar-refractivity contribution in [1.29, 1.82) is 0 Å². The minimum absolute atomic E-state index is 0.166. The Hall–Kier alpha value is -1.45. The second kappa shape index (κ2) is 4.05. The molecule has 1 aromatic carbocycles. The molecule has 1 heterocycles. The highest BCUT2D eigenvalue weighted by Gasteiger charge is 2.49. The Morgan fingerprint density at radius 3 is 2.29 bits per heavy atom. The fraction of sp³-hybridized carbons (Fsp3) is 0.588. The first-order valence-electron chi connectivity index (χ1n) is 8.02. The maximum Gasteiger partial charge on any atom is 0.186 e. The molecule has 4 aliphatic rings. The number of rotatable bonds is 1. The van der Waals surface area contributed by atoms with Crippen LogP contribution in [0.15, 0.2) is 12.1 Å². The third kappa shape index (κ3) is 1.65. The lowest BCUT2D eigenvalue weighted by molar-refractivity contribution is -0.00529. The van der Waals surface area contributed by atoms with E-state index in [9.17, 15) is 8.78 Å². The third-order valence-electron chi connectivity index (χ3n) is 6.11. The van der Waals surface area contributed by atoms with Gasteiger partial charge in [0.2, 0.25) is 0 Å². The van der Waals surface area contributed by atoms with Gasteiger partial charge in [0.1, 0.15) is 11.3 Å². The lowest BCUT2D eigenvalue weighted by Gasteiger charge is -2.53. The van der Waals surface area contributed by atoms with E-state index in [0.717, 1.165) is 17.7 Å². The van der Waals surface area contributed by atoms with Crippen LogP contribution < -0.4 is 0 Å². The smallest absolute Gasteiger partial charge is 0.186 e. The Balaban J connectivity index is 1.60. The Bertz CT molecular complexity index is 693. The van der Waals surface area contributed by atoms with Gasteiger partial charge in [-0.1, -0.05) is 0 Å². The van der Waals surface area contributed by atoms with Crippen LogP contribution in [0.1, 0.15) is 43.8 Å². The van der Waals surface area contributed by atoms with Gasteiger partial charge < -0.3 is 4.98 Å². The zero-order chi connectivity index (χ0) is 14.1. The first-order chi connectivity index (χ1) is 10.2. The molecule has 4 bridgehead atoms. The van der Waals surface area contributed by atoms with Crippen LogP contribution in [0, 0.1) is 35.3 Å². The van der Waals surface area contributed by atoms with Crippen molar-refractivity contribution in [3.8, 4) is 0 Å². The van der Waals surface area contributed by atoms with Gasteiger partial charge in [0.25, 0.3) is 0 Å². The summed E-state index contributed by atoms with van der Waals surface area (Å²) in [6.07, 6.45) is 6.61. The summed E-state index contributed by atoms with van der Waals surface area (Å²) in [7, 11) is 0. The molecule has 4 saturated carbocycles. The van der Waals surface area contributed by atoms with Gasteiger partial charge in [0.15, 0.2) is 11.6 Å². The molecule has 0 radical (unpaired) electrons. The molecule has 0 unspecified atom stereocenters. The van der Waals surface area contributed by atoms with Crippen molar-refractivity contribution in [3.63, 3.8) is 0 Å². The van der Waals surface area contributed by atoms with E-state index < -0.39 is 11.6 Å². The van der Waals surface area contributed by atoms with E-state index in [0.29, 0.717) is 23.3 Å². The number of hydrogen-bond donors (Lipinski definition) is 1. The minimum Gasteiger partial charge on any atom is -0.342 e. The highest BCUT2D eigenvalue weighted by Crippen LogP contribution is 2.59. The summed E-state index contributed by atoms with van der Waals surface area (Å²) in [5.74, 6) is 2.87. The van der Waals surface area contributed by atoms with Crippen LogP contribution in [-0.4, -0.2) is 9.97 Å². The first kappa shape index (κ1) is 12.1. The van der Waals surface area contributed by atoms with Crippen molar-refractivity contribution in [2.45, 2.75) is 38.0 Å². The predicted octanol–water partition coefficient (Wildman–Crippen LogP) is 4.38. The summed E-state index contributed by atoms with van der Waals surface area (Å²) < 4.78 is 27.2. The summed E-state index contributed by atoms with van der Waals surface area (Å²) in [5.41, 5.74) is 0.788. The standard InChI is InChI=1S/C17H18F2N2/c18-12-1-2-13-16(15(12)19)21-17(20-13)14-10-4-8-3-9(6-10)7-11(14)5-8/h1-2,8-11,14H,3-7H2,(H,20,21). The number of nitrogens with zero attached hydrogens (tertiary/aromatic N) is 1. The summed E-state index contributed by atoms with van der Waals surface area (Å²) >= 11 is 0. The fourth-order valence-electron chi connectivity index (χ4n) is 5.57. The van der Waals surface area contributed by atoms with Crippen LogP contribution in [0.5, 0.6) is 0 Å². The molecule has 0 spiro atoms. The van der Waals surface area contributed by atoms with E-state index in [4.69, 9.17) is 0 Å². The number of fused-ring (bicyclic) bond motifs is 1. The molecule has 0 atom stereocenters. The molecule has 4 aliphatic carbocycles. The van der Waals surface area contributed by atoms with Crippen molar-refractivity contribution in [2.24, 2.45) is 23.7 Å². The first-order valence-corrected chi connectivity index (χ1v) is 8.02. The molecule has 21 heavy (non-hydrogen) atoms. The molecule has 6 rings (SSSR count). The van der Waals surface area contributed by atoms with Crippen LogP contribution in [0.3, 0.4) is 0 Å². The van der Waals surface area contributed by atoms with Crippen LogP contribution in [0.2, 0.25) is 0 Å². The normalized spacial score (nSPS) is 37.5. The molecule has 110 valence electrons. The molecule has 2 nitrogen and oxygen atoms in total. The molecule has 4 heteroatoms. The number of aromatic amines is 1. The Morgan fingerprint density at radius 2 is 1.62 bits per heavy atom. The van der Waals surface area contributed by atoms with Gasteiger partial charge in [0, 0.05) is 5.92 Å². The van der Waals surface area contributed by atoms with Crippen molar-refractivity contribution in [2.75, 3.05) is 0 Å². The maximum atomic E-state index is 13.9. The monoisotopic (exact) mass is 288 g/mol. The van der Waals surface area contributed by atoms with Gasteiger partial charge in [-0.3, -0.25) is 0 Å². The fourth-order valence-corrected chi connectivity index (χ4v) is 5.57. The molecule has 4 fully saturated rings. The van der Waals surface area contributed by atoms with E-state index in [1.165, 1.54) is 38.2 Å². The summed E-state index contributed by atoms with van der Waals surface area (Å²) in [6.45, 7) is 0. The summed E-state index contributed by atoms with van der Waals surface area (Å²) in [6, 6.07) is 2.77. The Kier molecular flexibility index (Phi) is 2.34. The van der Waals surface area contributed by atoms with Crippen molar-refractivity contribution < 1.29 is 8.78 Å². The van der Waals surface area contributed by atoms with Crippen molar-refractivity contribution in [3.05, 3.63) is 29.6 Å². The van der Waals surface area contributed by atoms with E-state index >= 15 is 0 Å². The largest absolute Gasteiger partial charge is 0.342 e. The number of hydrogen-bond acceptors (Lipinski definition) is 1. The second-order valence-corrected chi connectivity index (χ2v) is 7.34. The maximum absolute atomic E-state index is 13.9. The quantitative estimate of drug-likeness (QED) is 0.828. The average molecular weight is 288 g/mol. The number of H-pyrrole nitrogens is 1. The highest BCUT2D eigenvalue weighted by molar-refractivity contribution is 5.76. The van der Waals surface area contributed by atoms with Gasteiger partial charge in [-0.25, -0.2) is 13.8 Å². The number of benzene rings is 1. The van der Waals surface area contributed by atoms with Crippen LogP contribution in [0.4, 0.5) is 8.78 Å². The molecular formula is C17H18F2N2. The summed E-state index contributed by atoms with van der Waals surface area (Å²) in [4.78, 5) is 7.72. The van der Waals surface area contributed by atoms with E-state index in [1.807, 2.05) is 0 Å². The zero-order valence-corrected chi connectivity index (χ0v) is 11.8. The molecular weight excluding hydrogens is 270 g/mol. The van der Waals surface area contributed by atoms with Crippen LogP contribution in [0.25, 0.3) is 11.0 Å². The topological polar surface area (TPSA) is 28.7 Å². The van der Waals surface area contributed by atoms with Gasteiger partial charge >= 0.3 is 0 Å². The molecule has 0 amide bonds. The molecule has 0 saturated heterocycles.